The van der Waals surface area contributed by atoms with E-state index in [0.29, 0.717) is 23.0 Å². The molecule has 140 valence electrons. The van der Waals surface area contributed by atoms with Gasteiger partial charge in [0.05, 0.1) is 25.2 Å². The second-order valence-electron chi connectivity index (χ2n) is 6.01. The number of benzene rings is 2. The molecule has 2 aromatic carbocycles. The third kappa shape index (κ3) is 4.52. The Morgan fingerprint density at radius 3 is 2.56 bits per heavy atom. The fourth-order valence-electron chi connectivity index (χ4n) is 2.66. The summed E-state index contributed by atoms with van der Waals surface area (Å²) >= 11 is 0.954. The second-order valence-corrected chi connectivity index (χ2v) is 7.01. The molecule has 1 heterocycles. The molecule has 0 unspecified atom stereocenters. The van der Waals surface area contributed by atoms with Gasteiger partial charge in [0.15, 0.2) is 11.5 Å². The fraction of sp³-hybridized carbons (Fsp3) is 0.238. The minimum atomic E-state index is -0.279. The van der Waals surface area contributed by atoms with Crippen molar-refractivity contribution in [2.45, 2.75) is 19.9 Å². The highest BCUT2D eigenvalue weighted by Crippen LogP contribution is 2.35. The van der Waals surface area contributed by atoms with Crippen molar-refractivity contribution in [1.82, 2.24) is 4.90 Å². The van der Waals surface area contributed by atoms with Crippen LogP contribution in [0.1, 0.15) is 24.5 Å². The van der Waals surface area contributed by atoms with E-state index >= 15 is 0 Å². The number of rotatable bonds is 7. The first-order valence-corrected chi connectivity index (χ1v) is 9.54. The lowest BCUT2D eigenvalue weighted by molar-refractivity contribution is -0.123. The van der Waals surface area contributed by atoms with E-state index in [-0.39, 0.29) is 17.7 Å². The van der Waals surface area contributed by atoms with E-state index in [9.17, 15) is 9.59 Å². The third-order valence-electron chi connectivity index (χ3n) is 4.00. The Bertz CT molecular complexity index is 864. The molecule has 3 rings (SSSR count). The molecular formula is C21H21NO4S. The molecular weight excluding hydrogens is 362 g/mol. The maximum absolute atomic E-state index is 12.6. The molecule has 0 bridgehead atoms. The molecule has 1 saturated heterocycles. The maximum Gasteiger partial charge on any atom is 0.293 e. The van der Waals surface area contributed by atoms with Crippen LogP contribution in [0.3, 0.4) is 0 Å². The summed E-state index contributed by atoms with van der Waals surface area (Å²) in [6.45, 7) is 2.91. The number of carbonyl (C=O) groups is 2. The van der Waals surface area contributed by atoms with E-state index in [0.717, 1.165) is 29.3 Å². The van der Waals surface area contributed by atoms with Gasteiger partial charge in [-0.05, 0) is 47.5 Å². The highest BCUT2D eigenvalue weighted by atomic mass is 32.2. The molecule has 0 spiro atoms. The van der Waals surface area contributed by atoms with E-state index < -0.39 is 0 Å². The summed E-state index contributed by atoms with van der Waals surface area (Å²) < 4.78 is 11.0. The number of carbonyl (C=O) groups excluding carboxylic acids is 2. The number of imide groups is 1. The van der Waals surface area contributed by atoms with Gasteiger partial charge in [0, 0.05) is 0 Å². The van der Waals surface area contributed by atoms with Crippen LogP contribution in [0.15, 0.2) is 53.4 Å². The summed E-state index contributed by atoms with van der Waals surface area (Å²) in [5.74, 6) is 0.980. The number of thioether (sulfide) groups is 1. The Morgan fingerprint density at radius 1 is 1.07 bits per heavy atom. The van der Waals surface area contributed by atoms with E-state index in [1.54, 1.807) is 19.3 Å². The first kappa shape index (κ1) is 19.0. The van der Waals surface area contributed by atoms with Gasteiger partial charge >= 0.3 is 0 Å². The molecule has 1 fully saturated rings. The molecule has 1 aliphatic rings. The Kier molecular flexibility index (Phi) is 6.19. The Morgan fingerprint density at radius 2 is 1.85 bits per heavy atom. The molecule has 6 heteroatoms. The van der Waals surface area contributed by atoms with Crippen LogP contribution in [0.4, 0.5) is 4.79 Å². The lowest BCUT2D eigenvalue weighted by atomic mass is 10.1. The fourth-order valence-corrected chi connectivity index (χ4v) is 3.50. The van der Waals surface area contributed by atoms with Gasteiger partial charge in [-0.15, -0.1) is 0 Å². The maximum atomic E-state index is 12.6. The molecule has 1 aliphatic heterocycles. The molecule has 0 atom stereocenters. The summed E-state index contributed by atoms with van der Waals surface area (Å²) in [7, 11) is 1.58. The summed E-state index contributed by atoms with van der Waals surface area (Å²) in [4.78, 5) is 26.6. The molecule has 2 aromatic rings. The Balaban J connectivity index is 1.79. The van der Waals surface area contributed by atoms with Crippen molar-refractivity contribution in [3.8, 4) is 11.5 Å². The lowest BCUT2D eigenvalue weighted by Gasteiger charge is -2.12. The first-order chi connectivity index (χ1) is 13.1. The topological polar surface area (TPSA) is 55.8 Å². The van der Waals surface area contributed by atoms with Gasteiger partial charge in [-0.3, -0.25) is 14.5 Å². The average molecular weight is 383 g/mol. The highest BCUT2D eigenvalue weighted by molar-refractivity contribution is 8.18. The number of ether oxygens (including phenoxy) is 2. The van der Waals surface area contributed by atoms with E-state index in [1.165, 1.54) is 4.90 Å². The van der Waals surface area contributed by atoms with Crippen molar-refractivity contribution in [3.05, 3.63) is 64.6 Å². The smallest absolute Gasteiger partial charge is 0.293 e. The van der Waals surface area contributed by atoms with Crippen LogP contribution in [-0.4, -0.2) is 29.8 Å². The molecule has 0 saturated carbocycles. The van der Waals surface area contributed by atoms with Crippen LogP contribution < -0.4 is 9.47 Å². The largest absolute Gasteiger partial charge is 0.493 e. The standard InChI is InChI=1S/C21H21NO4S/c1-3-11-26-17-10-9-16(12-18(17)25-2)13-19-20(23)22(21(24)27-19)14-15-7-5-4-6-8-15/h4-10,12-13H,3,11,14H2,1-2H3. The second kappa shape index (κ2) is 8.77. The van der Waals surface area contributed by atoms with Crippen molar-refractivity contribution < 1.29 is 19.1 Å². The zero-order valence-electron chi connectivity index (χ0n) is 15.3. The van der Waals surface area contributed by atoms with E-state index in [2.05, 4.69) is 0 Å². The quantitative estimate of drug-likeness (QED) is 0.648. The minimum Gasteiger partial charge on any atom is -0.493 e. The van der Waals surface area contributed by atoms with Crippen LogP contribution in [-0.2, 0) is 11.3 Å². The SMILES string of the molecule is CCCOc1ccc(C=C2SC(=O)N(Cc3ccccc3)C2=O)cc1OC. The van der Waals surface area contributed by atoms with Crippen molar-refractivity contribution in [3.63, 3.8) is 0 Å². The van der Waals surface area contributed by atoms with Crippen LogP contribution in [0, 0.1) is 0 Å². The average Bonchev–Trinajstić information content (AvgIpc) is 2.95. The van der Waals surface area contributed by atoms with Crippen LogP contribution in [0.2, 0.25) is 0 Å². The zero-order valence-corrected chi connectivity index (χ0v) is 16.1. The Labute approximate surface area is 163 Å². The monoisotopic (exact) mass is 383 g/mol. The molecule has 0 aromatic heterocycles. The molecule has 0 radical (unpaired) electrons. The summed E-state index contributed by atoms with van der Waals surface area (Å²) in [5.41, 5.74) is 1.70. The van der Waals surface area contributed by atoms with Crippen LogP contribution >= 0.6 is 11.8 Å². The van der Waals surface area contributed by atoms with Gasteiger partial charge in [-0.25, -0.2) is 0 Å². The minimum absolute atomic E-state index is 0.259. The van der Waals surface area contributed by atoms with Crippen LogP contribution in [0.5, 0.6) is 11.5 Å². The summed E-state index contributed by atoms with van der Waals surface area (Å²) in [5, 5.41) is -0.259. The first-order valence-electron chi connectivity index (χ1n) is 8.72. The molecule has 0 N–H and O–H groups in total. The predicted molar refractivity (Wildman–Crippen MR) is 107 cm³/mol. The third-order valence-corrected chi connectivity index (χ3v) is 4.91. The summed E-state index contributed by atoms with van der Waals surface area (Å²) in [6, 6.07) is 14.9. The number of methoxy groups -OCH3 is 1. The van der Waals surface area contributed by atoms with E-state index in [4.69, 9.17) is 9.47 Å². The lowest BCUT2D eigenvalue weighted by Crippen LogP contribution is -2.27. The van der Waals surface area contributed by atoms with Gasteiger partial charge < -0.3 is 9.47 Å². The van der Waals surface area contributed by atoms with Gasteiger partial charge in [0.2, 0.25) is 0 Å². The van der Waals surface area contributed by atoms with Gasteiger partial charge in [-0.1, -0.05) is 43.3 Å². The molecule has 5 nitrogen and oxygen atoms in total. The number of hydrogen-bond donors (Lipinski definition) is 0. The van der Waals surface area contributed by atoms with Gasteiger partial charge in [-0.2, -0.15) is 0 Å². The van der Waals surface area contributed by atoms with Crippen molar-refractivity contribution in [2.24, 2.45) is 0 Å². The predicted octanol–water partition coefficient (Wildman–Crippen LogP) is 4.72. The highest BCUT2D eigenvalue weighted by Gasteiger charge is 2.34. The number of hydrogen-bond acceptors (Lipinski definition) is 5. The van der Waals surface area contributed by atoms with Gasteiger partial charge in [0.25, 0.3) is 11.1 Å². The molecule has 27 heavy (non-hydrogen) atoms. The van der Waals surface area contributed by atoms with Gasteiger partial charge in [0.1, 0.15) is 0 Å². The number of amides is 2. The normalized spacial score (nSPS) is 15.5. The summed E-state index contributed by atoms with van der Waals surface area (Å²) in [6.07, 6.45) is 2.61. The van der Waals surface area contributed by atoms with Crippen molar-refractivity contribution >= 4 is 29.0 Å². The number of nitrogens with zero attached hydrogens (tertiary/aromatic N) is 1. The molecule has 0 aliphatic carbocycles. The molecule has 2 amide bonds. The van der Waals surface area contributed by atoms with Crippen molar-refractivity contribution in [1.29, 1.82) is 0 Å². The Hall–Kier alpha value is -2.73. The van der Waals surface area contributed by atoms with Crippen LogP contribution in [0.25, 0.3) is 6.08 Å². The zero-order chi connectivity index (χ0) is 19.2. The van der Waals surface area contributed by atoms with E-state index in [1.807, 2.05) is 49.4 Å². The van der Waals surface area contributed by atoms with Crippen molar-refractivity contribution in [2.75, 3.05) is 13.7 Å².